The van der Waals surface area contributed by atoms with Crippen molar-refractivity contribution in [3.8, 4) is 11.5 Å². The monoisotopic (exact) mass is 320 g/mol. The fourth-order valence-electron chi connectivity index (χ4n) is 2.71. The van der Waals surface area contributed by atoms with Crippen LogP contribution in [0.1, 0.15) is 26.3 Å². The van der Waals surface area contributed by atoms with Crippen molar-refractivity contribution in [3.05, 3.63) is 23.8 Å². The molecular formula is C18H28N2O3. The van der Waals surface area contributed by atoms with Gasteiger partial charge < -0.3 is 20.1 Å². The summed E-state index contributed by atoms with van der Waals surface area (Å²) in [7, 11) is 3.25. The third-order valence-corrected chi connectivity index (χ3v) is 4.80. The number of rotatable bonds is 7. The van der Waals surface area contributed by atoms with Gasteiger partial charge in [-0.15, -0.1) is 0 Å². The molecule has 1 saturated heterocycles. The smallest absolute Gasteiger partial charge is 0.223 e. The second-order valence-corrected chi connectivity index (χ2v) is 6.88. The average molecular weight is 320 g/mol. The maximum Gasteiger partial charge on any atom is 0.223 e. The summed E-state index contributed by atoms with van der Waals surface area (Å²) in [5.74, 6) is 2.06. The molecule has 1 aliphatic rings. The molecule has 0 aliphatic carbocycles. The summed E-state index contributed by atoms with van der Waals surface area (Å²) in [6.07, 6.45) is 0. The van der Waals surface area contributed by atoms with Crippen molar-refractivity contribution >= 4 is 5.91 Å². The number of carbonyl (C=O) groups excluding carboxylic acids is 1. The Labute approximate surface area is 138 Å². The van der Waals surface area contributed by atoms with Gasteiger partial charge in [-0.2, -0.15) is 0 Å². The van der Waals surface area contributed by atoms with Gasteiger partial charge in [-0.05, 0) is 36.7 Å². The van der Waals surface area contributed by atoms with Gasteiger partial charge in [-0.3, -0.25) is 4.79 Å². The molecule has 1 aromatic carbocycles. The molecule has 0 spiro atoms. The Morgan fingerprint density at radius 2 is 1.96 bits per heavy atom. The first-order valence-corrected chi connectivity index (χ1v) is 8.10. The van der Waals surface area contributed by atoms with Gasteiger partial charge in [0.1, 0.15) is 0 Å². The molecule has 1 fully saturated rings. The molecule has 0 radical (unpaired) electrons. The van der Waals surface area contributed by atoms with Crippen LogP contribution in [0.2, 0.25) is 0 Å². The highest BCUT2D eigenvalue weighted by atomic mass is 16.5. The largest absolute Gasteiger partial charge is 0.493 e. The molecule has 2 N–H and O–H groups in total. The lowest BCUT2D eigenvalue weighted by atomic mass is 9.83. The Bertz CT molecular complexity index is 553. The van der Waals surface area contributed by atoms with Gasteiger partial charge >= 0.3 is 0 Å². The Kier molecular flexibility index (Phi) is 5.52. The molecule has 0 aromatic heterocycles. The molecule has 128 valence electrons. The van der Waals surface area contributed by atoms with Crippen LogP contribution in [0.3, 0.4) is 0 Å². The molecule has 0 saturated carbocycles. The Morgan fingerprint density at radius 3 is 2.48 bits per heavy atom. The molecule has 1 aliphatic heterocycles. The van der Waals surface area contributed by atoms with Crippen molar-refractivity contribution in [1.82, 2.24) is 10.6 Å². The zero-order valence-electron chi connectivity index (χ0n) is 14.7. The molecule has 5 heteroatoms. The van der Waals surface area contributed by atoms with E-state index in [-0.39, 0.29) is 17.2 Å². The number of benzene rings is 1. The molecule has 23 heavy (non-hydrogen) atoms. The topological polar surface area (TPSA) is 59.6 Å². The van der Waals surface area contributed by atoms with Crippen LogP contribution >= 0.6 is 0 Å². The summed E-state index contributed by atoms with van der Waals surface area (Å²) in [5.41, 5.74) is 0.917. The fraction of sp³-hybridized carbons (Fsp3) is 0.611. The third kappa shape index (κ3) is 3.96. The Morgan fingerprint density at radius 1 is 1.30 bits per heavy atom. The van der Waals surface area contributed by atoms with E-state index < -0.39 is 0 Å². The molecule has 1 unspecified atom stereocenters. The molecule has 0 bridgehead atoms. The van der Waals surface area contributed by atoms with Crippen LogP contribution in [0.5, 0.6) is 11.5 Å². The quantitative estimate of drug-likeness (QED) is 0.806. The second kappa shape index (κ2) is 7.21. The first kappa shape index (κ1) is 17.6. The summed E-state index contributed by atoms with van der Waals surface area (Å²) in [6.45, 7) is 8.70. The summed E-state index contributed by atoms with van der Waals surface area (Å²) in [5, 5.41) is 6.31. The number of hydrogen-bond donors (Lipinski definition) is 2. The van der Waals surface area contributed by atoms with Crippen molar-refractivity contribution in [2.75, 3.05) is 33.9 Å². The predicted molar refractivity (Wildman–Crippen MR) is 91.1 cm³/mol. The van der Waals surface area contributed by atoms with Crippen LogP contribution in [0.25, 0.3) is 0 Å². The van der Waals surface area contributed by atoms with Crippen LogP contribution in [0.4, 0.5) is 0 Å². The summed E-state index contributed by atoms with van der Waals surface area (Å²) >= 11 is 0. The minimum Gasteiger partial charge on any atom is -0.493 e. The SMILES string of the molecule is COc1ccc(C(C)(C)CNC(=O)C(C)C2CNC2)cc1OC. The maximum atomic E-state index is 12.3. The number of nitrogens with one attached hydrogen (secondary N) is 2. The highest BCUT2D eigenvalue weighted by Gasteiger charge is 2.30. The summed E-state index contributed by atoms with van der Waals surface area (Å²) < 4.78 is 10.6. The molecular weight excluding hydrogens is 292 g/mol. The van der Waals surface area contributed by atoms with E-state index in [1.165, 1.54) is 0 Å². The van der Waals surface area contributed by atoms with E-state index in [4.69, 9.17) is 9.47 Å². The van der Waals surface area contributed by atoms with Crippen molar-refractivity contribution in [3.63, 3.8) is 0 Å². The highest BCUT2D eigenvalue weighted by molar-refractivity contribution is 5.78. The van der Waals surface area contributed by atoms with Gasteiger partial charge in [0.25, 0.3) is 0 Å². The van der Waals surface area contributed by atoms with Crippen molar-refractivity contribution in [2.45, 2.75) is 26.2 Å². The standard InChI is InChI=1S/C18H28N2O3/c1-12(13-9-19-10-13)17(21)20-11-18(2,3)14-6-7-15(22-4)16(8-14)23-5/h6-8,12-13,19H,9-11H2,1-5H3,(H,20,21). The Hall–Kier alpha value is -1.75. The number of amides is 1. The number of ether oxygens (including phenoxy) is 2. The van der Waals surface area contributed by atoms with Gasteiger partial charge in [-0.25, -0.2) is 0 Å². The zero-order chi connectivity index (χ0) is 17.0. The molecule has 5 nitrogen and oxygen atoms in total. The lowest BCUT2D eigenvalue weighted by Gasteiger charge is -2.33. The molecule has 1 aromatic rings. The number of carbonyl (C=O) groups is 1. The van der Waals surface area contributed by atoms with E-state index in [1.807, 2.05) is 25.1 Å². The molecule has 1 heterocycles. The van der Waals surface area contributed by atoms with E-state index >= 15 is 0 Å². The predicted octanol–water partition coefficient (Wildman–Crippen LogP) is 1.95. The van der Waals surface area contributed by atoms with Crippen molar-refractivity contribution in [2.24, 2.45) is 11.8 Å². The van der Waals surface area contributed by atoms with Gasteiger partial charge in [0.15, 0.2) is 11.5 Å². The number of hydrogen-bond acceptors (Lipinski definition) is 4. The van der Waals surface area contributed by atoms with Gasteiger partial charge in [0.2, 0.25) is 5.91 Å². The lowest BCUT2D eigenvalue weighted by Crippen LogP contribution is -2.50. The van der Waals surface area contributed by atoms with Crippen LogP contribution in [0.15, 0.2) is 18.2 Å². The van der Waals surface area contributed by atoms with Gasteiger partial charge in [0, 0.05) is 17.9 Å². The molecule has 1 amide bonds. The van der Waals surface area contributed by atoms with Crippen molar-refractivity contribution in [1.29, 1.82) is 0 Å². The minimum absolute atomic E-state index is 0.0532. The van der Waals surface area contributed by atoms with Crippen LogP contribution in [-0.4, -0.2) is 39.8 Å². The van der Waals surface area contributed by atoms with Gasteiger partial charge in [-0.1, -0.05) is 26.8 Å². The second-order valence-electron chi connectivity index (χ2n) is 6.88. The van der Waals surface area contributed by atoms with E-state index in [0.717, 1.165) is 18.7 Å². The zero-order valence-corrected chi connectivity index (χ0v) is 14.7. The molecule has 2 rings (SSSR count). The highest BCUT2D eigenvalue weighted by Crippen LogP contribution is 2.33. The average Bonchev–Trinajstić information content (AvgIpc) is 2.50. The van der Waals surface area contributed by atoms with Crippen LogP contribution in [-0.2, 0) is 10.2 Å². The van der Waals surface area contributed by atoms with E-state index in [9.17, 15) is 4.79 Å². The third-order valence-electron chi connectivity index (χ3n) is 4.80. The fourth-order valence-corrected chi connectivity index (χ4v) is 2.71. The van der Waals surface area contributed by atoms with Crippen LogP contribution in [0, 0.1) is 11.8 Å². The maximum absolute atomic E-state index is 12.3. The number of methoxy groups -OCH3 is 2. The van der Waals surface area contributed by atoms with Crippen molar-refractivity contribution < 1.29 is 14.3 Å². The van der Waals surface area contributed by atoms with E-state index in [1.54, 1.807) is 14.2 Å². The van der Waals surface area contributed by atoms with Gasteiger partial charge in [0.05, 0.1) is 14.2 Å². The van der Waals surface area contributed by atoms with E-state index in [2.05, 4.69) is 24.5 Å². The van der Waals surface area contributed by atoms with Crippen LogP contribution < -0.4 is 20.1 Å². The lowest BCUT2D eigenvalue weighted by molar-refractivity contribution is -0.126. The van der Waals surface area contributed by atoms with E-state index in [0.29, 0.717) is 24.0 Å². The minimum atomic E-state index is -0.188. The first-order chi connectivity index (χ1) is 10.9. The molecule has 1 atom stereocenters. The first-order valence-electron chi connectivity index (χ1n) is 8.10. The normalized spacial score (nSPS) is 16.4. The Balaban J connectivity index is 2.01. The summed E-state index contributed by atoms with van der Waals surface area (Å²) in [4.78, 5) is 12.3. The summed E-state index contributed by atoms with van der Waals surface area (Å²) in [6, 6.07) is 5.90.